The lowest BCUT2D eigenvalue weighted by atomic mass is 10.1. The van der Waals surface area contributed by atoms with E-state index in [0.29, 0.717) is 12.0 Å². The van der Waals surface area contributed by atoms with Crippen LogP contribution in [0.3, 0.4) is 0 Å². The first-order valence-corrected chi connectivity index (χ1v) is 5.50. The molecule has 1 aliphatic carbocycles. The van der Waals surface area contributed by atoms with Crippen LogP contribution in [0, 0.1) is 0 Å². The van der Waals surface area contributed by atoms with Gasteiger partial charge in [0.15, 0.2) is 5.82 Å². The average molecular weight is 193 g/mol. The molecule has 1 saturated carbocycles. The quantitative estimate of drug-likeness (QED) is 0.777. The van der Waals surface area contributed by atoms with Crippen LogP contribution >= 0.6 is 0 Å². The van der Waals surface area contributed by atoms with Gasteiger partial charge in [-0.25, -0.2) is 0 Å². The Hall–Kier alpha value is -0.900. The van der Waals surface area contributed by atoms with Gasteiger partial charge in [-0.05, 0) is 25.8 Å². The summed E-state index contributed by atoms with van der Waals surface area (Å²) in [4.78, 5) is 4.47. The van der Waals surface area contributed by atoms with E-state index in [-0.39, 0.29) is 0 Å². The Morgan fingerprint density at radius 3 is 2.64 bits per heavy atom. The summed E-state index contributed by atoms with van der Waals surface area (Å²) in [5.74, 6) is 2.29. The van der Waals surface area contributed by atoms with Gasteiger partial charge < -0.3 is 9.84 Å². The zero-order valence-electron chi connectivity index (χ0n) is 8.20. The van der Waals surface area contributed by atoms with Crippen LogP contribution in [0.5, 0.6) is 0 Å². The minimum Gasteiger partial charge on any atom is -0.338 e. The zero-order chi connectivity index (χ0) is 9.38. The van der Waals surface area contributed by atoms with Crippen molar-refractivity contribution >= 4 is 0 Å². The maximum Gasteiger partial charge on any atom is 0.243 e. The molecule has 1 atom stereocenters. The van der Waals surface area contributed by atoms with Crippen LogP contribution in [0.1, 0.15) is 55.8 Å². The fourth-order valence-electron chi connectivity index (χ4n) is 2.24. The third-order valence-corrected chi connectivity index (χ3v) is 3.30. The van der Waals surface area contributed by atoms with E-state index >= 15 is 0 Å². The lowest BCUT2D eigenvalue weighted by Gasteiger charge is -2.23. The largest absolute Gasteiger partial charge is 0.338 e. The molecule has 1 aliphatic heterocycles. The molecule has 4 nitrogen and oxygen atoms in total. The summed E-state index contributed by atoms with van der Waals surface area (Å²) in [5.41, 5.74) is 0. The highest BCUT2D eigenvalue weighted by Crippen LogP contribution is 2.33. The number of rotatable bonds is 2. The monoisotopic (exact) mass is 193 g/mol. The van der Waals surface area contributed by atoms with E-state index in [2.05, 4.69) is 15.5 Å². The first-order valence-electron chi connectivity index (χ1n) is 5.50. The molecule has 0 radical (unpaired) electrons. The molecule has 0 aromatic carbocycles. The molecular formula is C10H15N3O. The standard InChI is InChI=1S/C10H15N3O/c1-2-4-7(3-1)9-12-10(14-13-9)8-5-6-11-8/h7-8,11H,1-6H2. The van der Waals surface area contributed by atoms with Crippen molar-refractivity contribution in [3.8, 4) is 0 Å². The van der Waals surface area contributed by atoms with Crippen molar-refractivity contribution in [3.05, 3.63) is 11.7 Å². The van der Waals surface area contributed by atoms with Gasteiger partial charge in [0, 0.05) is 5.92 Å². The average Bonchev–Trinajstić information content (AvgIpc) is 2.65. The molecule has 2 fully saturated rings. The van der Waals surface area contributed by atoms with Crippen LogP contribution in [-0.2, 0) is 0 Å². The highest BCUT2D eigenvalue weighted by Gasteiger charge is 2.27. The second kappa shape index (κ2) is 3.35. The van der Waals surface area contributed by atoms with Crippen molar-refractivity contribution in [1.82, 2.24) is 15.5 Å². The molecule has 1 saturated heterocycles. The van der Waals surface area contributed by atoms with Crippen LogP contribution in [-0.4, -0.2) is 16.7 Å². The maximum absolute atomic E-state index is 5.26. The third kappa shape index (κ3) is 1.34. The summed E-state index contributed by atoms with van der Waals surface area (Å²) in [5, 5.41) is 7.34. The van der Waals surface area contributed by atoms with Gasteiger partial charge in [0.25, 0.3) is 0 Å². The van der Waals surface area contributed by atoms with E-state index in [0.717, 1.165) is 24.7 Å². The summed E-state index contributed by atoms with van der Waals surface area (Å²) in [6.45, 7) is 1.08. The van der Waals surface area contributed by atoms with Crippen LogP contribution in [0.15, 0.2) is 4.52 Å². The zero-order valence-corrected chi connectivity index (χ0v) is 8.20. The fraction of sp³-hybridized carbons (Fsp3) is 0.800. The minimum absolute atomic E-state index is 0.331. The van der Waals surface area contributed by atoms with Crippen LogP contribution in [0.4, 0.5) is 0 Å². The van der Waals surface area contributed by atoms with Gasteiger partial charge in [0.1, 0.15) is 0 Å². The molecule has 1 N–H and O–H groups in total. The van der Waals surface area contributed by atoms with E-state index in [1.807, 2.05) is 0 Å². The lowest BCUT2D eigenvalue weighted by Crippen LogP contribution is -2.35. The number of hydrogen-bond acceptors (Lipinski definition) is 4. The van der Waals surface area contributed by atoms with E-state index in [1.54, 1.807) is 0 Å². The molecular weight excluding hydrogens is 178 g/mol. The highest BCUT2D eigenvalue weighted by atomic mass is 16.5. The molecule has 14 heavy (non-hydrogen) atoms. The molecule has 1 aromatic rings. The van der Waals surface area contributed by atoms with Gasteiger partial charge in [-0.2, -0.15) is 4.98 Å². The maximum atomic E-state index is 5.26. The Labute approximate surface area is 83.1 Å². The molecule has 3 rings (SSSR count). The van der Waals surface area contributed by atoms with Gasteiger partial charge in [-0.3, -0.25) is 0 Å². The third-order valence-electron chi connectivity index (χ3n) is 3.30. The number of nitrogens with zero attached hydrogens (tertiary/aromatic N) is 2. The number of aromatic nitrogens is 2. The smallest absolute Gasteiger partial charge is 0.243 e. The van der Waals surface area contributed by atoms with Crippen LogP contribution in [0.2, 0.25) is 0 Å². The lowest BCUT2D eigenvalue weighted by molar-refractivity contribution is 0.272. The summed E-state index contributed by atoms with van der Waals surface area (Å²) in [6.07, 6.45) is 6.23. The molecule has 1 aromatic heterocycles. The summed E-state index contributed by atoms with van der Waals surface area (Å²) >= 11 is 0. The molecule has 76 valence electrons. The van der Waals surface area contributed by atoms with Crippen molar-refractivity contribution in [2.45, 2.75) is 44.1 Å². The molecule has 0 bridgehead atoms. The predicted octanol–water partition coefficient (Wildman–Crippen LogP) is 1.76. The van der Waals surface area contributed by atoms with E-state index in [1.165, 1.54) is 25.7 Å². The second-order valence-electron chi connectivity index (χ2n) is 4.27. The van der Waals surface area contributed by atoms with Gasteiger partial charge in [-0.15, -0.1) is 0 Å². The SMILES string of the molecule is C1CCC(c2noc(C3CCN3)n2)C1. The highest BCUT2D eigenvalue weighted by molar-refractivity contribution is 5.02. The second-order valence-corrected chi connectivity index (χ2v) is 4.27. The normalized spacial score (nSPS) is 27.9. The van der Waals surface area contributed by atoms with E-state index in [9.17, 15) is 0 Å². The van der Waals surface area contributed by atoms with Crippen molar-refractivity contribution in [3.63, 3.8) is 0 Å². The minimum atomic E-state index is 0.331. The van der Waals surface area contributed by atoms with Gasteiger partial charge >= 0.3 is 0 Å². The molecule has 0 spiro atoms. The topological polar surface area (TPSA) is 51.0 Å². The van der Waals surface area contributed by atoms with Crippen molar-refractivity contribution in [2.75, 3.05) is 6.54 Å². The number of nitrogens with one attached hydrogen (secondary N) is 1. The Balaban J connectivity index is 1.75. The van der Waals surface area contributed by atoms with Crippen molar-refractivity contribution in [1.29, 1.82) is 0 Å². The van der Waals surface area contributed by atoms with E-state index in [4.69, 9.17) is 4.52 Å². The Bertz CT molecular complexity index is 313. The van der Waals surface area contributed by atoms with Gasteiger partial charge in [-0.1, -0.05) is 18.0 Å². The Morgan fingerprint density at radius 2 is 2.00 bits per heavy atom. The van der Waals surface area contributed by atoms with Crippen molar-refractivity contribution in [2.24, 2.45) is 0 Å². The molecule has 2 heterocycles. The predicted molar refractivity (Wildman–Crippen MR) is 50.9 cm³/mol. The Morgan fingerprint density at radius 1 is 1.21 bits per heavy atom. The van der Waals surface area contributed by atoms with Crippen molar-refractivity contribution < 1.29 is 4.52 Å². The first kappa shape index (κ1) is 8.41. The first-order chi connectivity index (χ1) is 6.93. The molecule has 0 amide bonds. The summed E-state index contributed by atoms with van der Waals surface area (Å²) in [7, 11) is 0. The number of hydrogen-bond donors (Lipinski definition) is 1. The summed E-state index contributed by atoms with van der Waals surface area (Å²) in [6, 6.07) is 0.331. The van der Waals surface area contributed by atoms with Crippen LogP contribution < -0.4 is 5.32 Å². The van der Waals surface area contributed by atoms with Gasteiger partial charge in [0.05, 0.1) is 6.04 Å². The Kier molecular flexibility index (Phi) is 2.01. The van der Waals surface area contributed by atoms with Crippen LogP contribution in [0.25, 0.3) is 0 Å². The molecule has 1 unspecified atom stereocenters. The molecule has 4 heteroatoms. The summed E-state index contributed by atoms with van der Waals surface area (Å²) < 4.78 is 5.26. The fourth-order valence-corrected chi connectivity index (χ4v) is 2.24. The van der Waals surface area contributed by atoms with Gasteiger partial charge in [0.2, 0.25) is 5.89 Å². The molecule has 2 aliphatic rings. The van der Waals surface area contributed by atoms with E-state index < -0.39 is 0 Å².